The number of nitrogens with one attached hydrogen (secondary N) is 1. The zero-order valence-corrected chi connectivity index (χ0v) is 17.0. The van der Waals surface area contributed by atoms with Crippen molar-refractivity contribution in [2.24, 2.45) is 0 Å². The van der Waals surface area contributed by atoms with Crippen LogP contribution in [-0.4, -0.2) is 63.4 Å². The molecular formula is C21H23N3O4S. The molecule has 0 saturated carbocycles. The first-order chi connectivity index (χ1) is 13.9. The molecule has 1 N–H and O–H groups in total. The number of benzene rings is 2. The highest BCUT2D eigenvalue weighted by Gasteiger charge is 2.27. The first-order valence-electron chi connectivity index (χ1n) is 9.46. The van der Waals surface area contributed by atoms with Crippen molar-refractivity contribution in [2.45, 2.75) is 4.90 Å². The Kier molecular flexibility index (Phi) is 5.40. The zero-order chi connectivity index (χ0) is 20.4. The summed E-state index contributed by atoms with van der Waals surface area (Å²) in [6.45, 7) is 2.58. The molecular weight excluding hydrogens is 390 g/mol. The van der Waals surface area contributed by atoms with Gasteiger partial charge in [0.25, 0.3) is 5.91 Å². The highest BCUT2D eigenvalue weighted by Crippen LogP contribution is 2.26. The van der Waals surface area contributed by atoms with E-state index in [0.717, 1.165) is 11.3 Å². The van der Waals surface area contributed by atoms with Crippen molar-refractivity contribution in [3.05, 3.63) is 59.7 Å². The number of hydrogen-bond donors (Lipinski definition) is 1. The Bertz CT molecular complexity index is 1040. The van der Waals surface area contributed by atoms with Gasteiger partial charge in [-0.2, -0.15) is 4.31 Å². The van der Waals surface area contributed by atoms with Gasteiger partial charge in [0.15, 0.2) is 0 Å². The van der Waals surface area contributed by atoms with E-state index in [-0.39, 0.29) is 17.4 Å². The molecule has 0 bridgehead atoms. The molecule has 0 spiro atoms. The topological polar surface area (TPSA) is 79.0 Å². The van der Waals surface area contributed by atoms with Gasteiger partial charge in [-0.3, -0.25) is 4.79 Å². The van der Waals surface area contributed by atoms with Crippen molar-refractivity contribution < 1.29 is 17.9 Å². The number of nitrogens with zero attached hydrogens (tertiary/aromatic N) is 2. The maximum atomic E-state index is 12.8. The molecule has 0 radical (unpaired) electrons. The lowest BCUT2D eigenvalue weighted by molar-refractivity contribution is -0.113. The summed E-state index contributed by atoms with van der Waals surface area (Å²) in [6, 6.07) is 13.8. The number of sulfonamides is 1. The highest BCUT2D eigenvalue weighted by atomic mass is 32.2. The molecule has 0 aliphatic carbocycles. The van der Waals surface area contributed by atoms with Gasteiger partial charge in [0.05, 0.1) is 10.5 Å². The van der Waals surface area contributed by atoms with Crippen LogP contribution in [0.25, 0.3) is 6.08 Å². The number of hydrogen-bond acceptors (Lipinski definition) is 5. The second kappa shape index (κ2) is 7.98. The maximum Gasteiger partial charge on any atom is 0.255 e. The van der Waals surface area contributed by atoms with Crippen molar-refractivity contribution in [1.82, 2.24) is 9.21 Å². The second-order valence-electron chi connectivity index (χ2n) is 7.18. The highest BCUT2D eigenvalue weighted by molar-refractivity contribution is 7.89. The molecule has 1 saturated heterocycles. The van der Waals surface area contributed by atoms with Gasteiger partial charge in [-0.25, -0.2) is 8.42 Å². The summed E-state index contributed by atoms with van der Waals surface area (Å²) in [7, 11) is -1.54. The molecule has 0 aromatic heterocycles. The number of anilines is 1. The first kappa shape index (κ1) is 19.6. The number of likely N-dealkylation sites (N-methyl/N-ethyl adjacent to an activating group) is 1. The Morgan fingerprint density at radius 3 is 2.41 bits per heavy atom. The lowest BCUT2D eigenvalue weighted by Gasteiger charge is -2.31. The summed E-state index contributed by atoms with van der Waals surface area (Å²) in [4.78, 5) is 14.9. The fourth-order valence-electron chi connectivity index (χ4n) is 3.35. The number of ether oxygens (including phenoxy) is 1. The Morgan fingerprint density at radius 1 is 1.00 bits per heavy atom. The lowest BCUT2D eigenvalue weighted by atomic mass is 10.1. The minimum atomic E-state index is -3.52. The van der Waals surface area contributed by atoms with Gasteiger partial charge < -0.3 is 15.0 Å². The average molecular weight is 413 g/mol. The van der Waals surface area contributed by atoms with Crippen molar-refractivity contribution in [3.63, 3.8) is 0 Å². The predicted molar refractivity (Wildman–Crippen MR) is 111 cm³/mol. The van der Waals surface area contributed by atoms with Gasteiger partial charge in [-0.1, -0.05) is 18.2 Å². The monoisotopic (exact) mass is 413 g/mol. The van der Waals surface area contributed by atoms with E-state index in [1.54, 1.807) is 18.2 Å². The zero-order valence-electron chi connectivity index (χ0n) is 16.2. The van der Waals surface area contributed by atoms with Crippen LogP contribution in [-0.2, 0) is 14.8 Å². The molecule has 2 aliphatic heterocycles. The van der Waals surface area contributed by atoms with E-state index in [4.69, 9.17) is 4.74 Å². The molecule has 2 aliphatic rings. The number of fused-ring (bicyclic) bond motifs is 1. The molecule has 8 heteroatoms. The van der Waals surface area contributed by atoms with Crippen LogP contribution in [0, 0.1) is 0 Å². The lowest BCUT2D eigenvalue weighted by Crippen LogP contribution is -2.46. The van der Waals surface area contributed by atoms with Crippen LogP contribution in [0.4, 0.5) is 5.69 Å². The molecule has 29 heavy (non-hydrogen) atoms. The summed E-state index contributed by atoms with van der Waals surface area (Å²) in [6.07, 6.45) is 1.81. The minimum absolute atomic E-state index is 0.193. The predicted octanol–water partition coefficient (Wildman–Crippen LogP) is 2.04. The maximum absolute atomic E-state index is 12.8. The number of rotatable bonds is 4. The molecule has 0 atom stereocenters. The van der Waals surface area contributed by atoms with Crippen molar-refractivity contribution >= 4 is 27.7 Å². The van der Waals surface area contributed by atoms with Gasteiger partial charge in [0, 0.05) is 37.4 Å². The summed E-state index contributed by atoms with van der Waals surface area (Å²) >= 11 is 0. The largest absolute Gasteiger partial charge is 0.488 e. The van der Waals surface area contributed by atoms with Crippen LogP contribution in [0.2, 0.25) is 0 Å². The van der Waals surface area contributed by atoms with Crippen molar-refractivity contribution in [2.75, 3.05) is 45.2 Å². The van der Waals surface area contributed by atoms with Gasteiger partial charge in [-0.05, 0) is 43.5 Å². The van der Waals surface area contributed by atoms with E-state index in [2.05, 4.69) is 10.2 Å². The molecule has 2 aromatic carbocycles. The number of carbonyl (C=O) groups excluding carboxylic acids is 1. The number of amides is 1. The number of piperazine rings is 1. The number of carbonyl (C=O) groups is 1. The van der Waals surface area contributed by atoms with E-state index >= 15 is 0 Å². The fourth-order valence-corrected chi connectivity index (χ4v) is 4.77. The quantitative estimate of drug-likeness (QED) is 0.830. The van der Waals surface area contributed by atoms with E-state index in [0.29, 0.717) is 37.4 Å². The third-order valence-corrected chi connectivity index (χ3v) is 7.05. The molecule has 0 unspecified atom stereocenters. The minimum Gasteiger partial charge on any atom is -0.488 e. The first-order valence-corrected chi connectivity index (χ1v) is 10.9. The van der Waals surface area contributed by atoms with E-state index in [9.17, 15) is 13.2 Å². The van der Waals surface area contributed by atoms with Gasteiger partial charge in [0.1, 0.15) is 12.4 Å². The van der Waals surface area contributed by atoms with Crippen LogP contribution < -0.4 is 10.1 Å². The Hall–Kier alpha value is -2.68. The molecule has 1 amide bonds. The smallest absolute Gasteiger partial charge is 0.255 e. The van der Waals surface area contributed by atoms with Gasteiger partial charge in [0.2, 0.25) is 10.0 Å². The van der Waals surface area contributed by atoms with Crippen LogP contribution in [0.3, 0.4) is 0 Å². The van der Waals surface area contributed by atoms with Gasteiger partial charge in [-0.15, -0.1) is 0 Å². The average Bonchev–Trinajstić information content (AvgIpc) is 2.74. The van der Waals surface area contributed by atoms with Crippen LogP contribution >= 0.6 is 0 Å². The molecule has 4 rings (SSSR count). The van der Waals surface area contributed by atoms with E-state index in [1.165, 1.54) is 16.4 Å². The summed E-state index contributed by atoms with van der Waals surface area (Å²) in [5.41, 5.74) is 1.91. The summed E-state index contributed by atoms with van der Waals surface area (Å²) in [5, 5.41) is 2.80. The van der Waals surface area contributed by atoms with Crippen LogP contribution in [0.1, 0.15) is 5.56 Å². The summed E-state index contributed by atoms with van der Waals surface area (Å²) in [5.74, 6) is 0.483. The van der Waals surface area contributed by atoms with Crippen LogP contribution in [0.5, 0.6) is 5.75 Å². The molecule has 7 nitrogen and oxygen atoms in total. The fraction of sp³-hybridized carbons (Fsp3) is 0.286. The normalized spacial score (nSPS) is 17.8. The molecule has 2 aromatic rings. The SMILES string of the molecule is CN1CCN(S(=O)(=O)c2ccc(NC(=O)C3=Cc4ccccc4OC3)cc2)CC1. The third kappa shape index (κ3) is 4.19. The van der Waals surface area contributed by atoms with E-state index in [1.807, 2.05) is 31.3 Å². The summed E-state index contributed by atoms with van der Waals surface area (Å²) < 4.78 is 32.7. The Balaban J connectivity index is 1.45. The van der Waals surface area contributed by atoms with Crippen molar-refractivity contribution in [3.8, 4) is 5.75 Å². The Morgan fingerprint density at radius 2 is 1.69 bits per heavy atom. The Labute approximate surface area is 170 Å². The van der Waals surface area contributed by atoms with Crippen molar-refractivity contribution in [1.29, 1.82) is 0 Å². The number of para-hydroxylation sites is 1. The van der Waals surface area contributed by atoms with Crippen LogP contribution in [0.15, 0.2) is 59.0 Å². The second-order valence-corrected chi connectivity index (χ2v) is 9.12. The molecule has 2 heterocycles. The molecule has 152 valence electrons. The van der Waals surface area contributed by atoms with E-state index < -0.39 is 10.0 Å². The standard InChI is InChI=1S/C21H23N3O4S/c1-23-10-12-24(13-11-23)29(26,27)19-8-6-18(7-9-19)22-21(25)17-14-16-4-2-3-5-20(16)28-15-17/h2-9,14H,10-13,15H2,1H3,(H,22,25). The molecule has 1 fully saturated rings. The van der Waals surface area contributed by atoms with Gasteiger partial charge >= 0.3 is 0 Å². The third-order valence-electron chi connectivity index (χ3n) is 5.14.